The number of nitrogens with zero attached hydrogens (tertiary/aromatic N) is 3. The average molecular weight is 378 g/mol. The van der Waals surface area contributed by atoms with Crippen molar-refractivity contribution in [2.75, 3.05) is 5.32 Å². The topological polar surface area (TPSA) is 52.0 Å². The maximum atomic E-state index is 6.57. The highest BCUT2D eigenvalue weighted by Gasteiger charge is 2.40. The fraction of sp³-hybridized carbons (Fsp3) is 0.0833. The second kappa shape index (κ2) is 6.34. The Morgan fingerprint density at radius 2 is 1.48 bits per heavy atom. The zero-order valence-corrected chi connectivity index (χ0v) is 15.6. The molecule has 0 spiro atoms. The summed E-state index contributed by atoms with van der Waals surface area (Å²) in [4.78, 5) is 4.46. The number of hydrogen-bond donors (Lipinski definition) is 1. The Kier molecular flexibility index (Phi) is 3.53. The zero-order valence-electron chi connectivity index (χ0n) is 15.6. The monoisotopic (exact) mass is 378 g/mol. The van der Waals surface area contributed by atoms with Gasteiger partial charge in [-0.2, -0.15) is 10.1 Å². The molecule has 0 radical (unpaired) electrons. The van der Waals surface area contributed by atoms with E-state index in [1.165, 1.54) is 0 Å². The van der Waals surface area contributed by atoms with E-state index in [9.17, 15) is 0 Å². The predicted molar refractivity (Wildman–Crippen MR) is 111 cm³/mol. The largest absolute Gasteiger partial charge is 0.480 e. The first-order valence-electron chi connectivity index (χ1n) is 9.67. The molecule has 29 heavy (non-hydrogen) atoms. The minimum absolute atomic E-state index is 0.108. The first-order chi connectivity index (χ1) is 14.4. The maximum absolute atomic E-state index is 6.57. The van der Waals surface area contributed by atoms with Crippen molar-refractivity contribution >= 4 is 11.6 Å². The summed E-state index contributed by atoms with van der Waals surface area (Å²) in [5.74, 6) is 1.61. The fourth-order valence-electron chi connectivity index (χ4n) is 4.28. The van der Waals surface area contributed by atoms with Gasteiger partial charge in [0, 0.05) is 11.1 Å². The molecular formula is C24H18N4O. The molecule has 1 aromatic heterocycles. The lowest BCUT2D eigenvalue weighted by molar-refractivity contribution is 0.223. The fourth-order valence-corrected chi connectivity index (χ4v) is 4.28. The van der Waals surface area contributed by atoms with Gasteiger partial charge in [0.05, 0.1) is 5.70 Å². The van der Waals surface area contributed by atoms with Gasteiger partial charge in [0.2, 0.25) is 5.95 Å². The van der Waals surface area contributed by atoms with Crippen molar-refractivity contribution in [3.05, 3.63) is 114 Å². The molecule has 0 fully saturated rings. The number of nitrogens with one attached hydrogen (secondary N) is 1. The van der Waals surface area contributed by atoms with Crippen molar-refractivity contribution in [2.24, 2.45) is 0 Å². The number of aromatic nitrogens is 3. The number of ether oxygens (including phenoxy) is 1. The lowest BCUT2D eigenvalue weighted by Crippen LogP contribution is -2.32. The molecular weight excluding hydrogens is 360 g/mol. The van der Waals surface area contributed by atoms with Gasteiger partial charge in [-0.1, -0.05) is 72.8 Å². The Bertz CT molecular complexity index is 1210. The molecule has 6 rings (SSSR count). The van der Waals surface area contributed by atoms with E-state index >= 15 is 0 Å². The van der Waals surface area contributed by atoms with Gasteiger partial charge in [-0.25, -0.2) is 4.68 Å². The Labute approximate surface area is 168 Å². The Morgan fingerprint density at radius 3 is 2.28 bits per heavy atom. The third-order valence-corrected chi connectivity index (χ3v) is 5.54. The second-order valence-corrected chi connectivity index (χ2v) is 7.20. The Morgan fingerprint density at radius 1 is 0.793 bits per heavy atom. The van der Waals surface area contributed by atoms with Crippen LogP contribution in [0.5, 0.6) is 5.75 Å². The van der Waals surface area contributed by atoms with E-state index in [1.807, 2.05) is 47.1 Å². The summed E-state index contributed by atoms with van der Waals surface area (Å²) >= 11 is 0. The highest BCUT2D eigenvalue weighted by atomic mass is 16.5. The van der Waals surface area contributed by atoms with Crippen molar-refractivity contribution in [2.45, 2.75) is 12.1 Å². The van der Waals surface area contributed by atoms with Crippen LogP contribution < -0.4 is 10.1 Å². The number of anilines is 1. The molecule has 2 aliphatic heterocycles. The number of rotatable bonds is 2. The van der Waals surface area contributed by atoms with E-state index in [1.54, 1.807) is 6.33 Å². The van der Waals surface area contributed by atoms with Crippen LogP contribution in [0, 0.1) is 0 Å². The van der Waals surface area contributed by atoms with Crippen molar-refractivity contribution in [1.29, 1.82) is 0 Å². The van der Waals surface area contributed by atoms with Crippen LogP contribution in [0.3, 0.4) is 0 Å². The standard InChI is InChI=1S/C24H18N4O/c1-3-9-16(10-4-1)22-20-21(27-24-25-15-26-28(22)24)18-13-7-8-14-19(18)29-23(20)17-11-5-2-6-12-17/h1-15,22-23H,(H,25,26,27). The minimum atomic E-state index is -0.226. The molecule has 5 nitrogen and oxygen atoms in total. The van der Waals surface area contributed by atoms with Gasteiger partial charge in [0.25, 0.3) is 0 Å². The third kappa shape index (κ3) is 2.48. The highest BCUT2D eigenvalue weighted by molar-refractivity contribution is 5.85. The zero-order chi connectivity index (χ0) is 19.2. The van der Waals surface area contributed by atoms with Gasteiger partial charge in [0.1, 0.15) is 24.2 Å². The van der Waals surface area contributed by atoms with Crippen molar-refractivity contribution in [3.63, 3.8) is 0 Å². The van der Waals surface area contributed by atoms with Crippen molar-refractivity contribution in [1.82, 2.24) is 14.8 Å². The molecule has 1 N–H and O–H groups in total. The van der Waals surface area contributed by atoms with Crippen LogP contribution in [0.25, 0.3) is 5.70 Å². The summed E-state index contributed by atoms with van der Waals surface area (Å²) in [6.45, 7) is 0. The molecule has 0 aliphatic carbocycles. The molecule has 4 aromatic rings. The molecule has 3 aromatic carbocycles. The average Bonchev–Trinajstić information content (AvgIpc) is 3.26. The molecule has 0 bridgehead atoms. The van der Waals surface area contributed by atoms with Gasteiger partial charge >= 0.3 is 0 Å². The van der Waals surface area contributed by atoms with Crippen LogP contribution in [0.4, 0.5) is 5.95 Å². The minimum Gasteiger partial charge on any atom is -0.480 e. The van der Waals surface area contributed by atoms with E-state index < -0.39 is 0 Å². The van der Waals surface area contributed by atoms with Crippen LogP contribution in [0.2, 0.25) is 0 Å². The number of hydrogen-bond acceptors (Lipinski definition) is 4. The van der Waals surface area contributed by atoms with Crippen molar-refractivity contribution < 1.29 is 4.74 Å². The lowest BCUT2D eigenvalue weighted by Gasteiger charge is -2.38. The van der Waals surface area contributed by atoms with E-state index in [-0.39, 0.29) is 12.1 Å². The second-order valence-electron chi connectivity index (χ2n) is 7.20. The number of fused-ring (bicyclic) bond motifs is 3. The van der Waals surface area contributed by atoms with Crippen LogP contribution in [0.15, 0.2) is 96.8 Å². The van der Waals surface area contributed by atoms with Gasteiger partial charge < -0.3 is 10.1 Å². The summed E-state index contributed by atoms with van der Waals surface area (Å²) in [5.41, 5.74) is 5.50. The molecule has 3 heterocycles. The van der Waals surface area contributed by atoms with Crippen LogP contribution in [-0.4, -0.2) is 14.8 Å². The predicted octanol–water partition coefficient (Wildman–Crippen LogP) is 4.84. The molecule has 2 aliphatic rings. The van der Waals surface area contributed by atoms with Gasteiger partial charge in [0.15, 0.2) is 0 Å². The van der Waals surface area contributed by atoms with E-state index in [0.717, 1.165) is 39.7 Å². The smallest absolute Gasteiger partial charge is 0.226 e. The molecule has 2 atom stereocenters. The summed E-state index contributed by atoms with van der Waals surface area (Å²) in [7, 11) is 0. The van der Waals surface area contributed by atoms with Crippen LogP contribution >= 0.6 is 0 Å². The molecule has 0 amide bonds. The van der Waals surface area contributed by atoms with E-state index in [0.29, 0.717) is 0 Å². The Hall–Kier alpha value is -3.86. The normalized spacial score (nSPS) is 19.4. The van der Waals surface area contributed by atoms with Crippen LogP contribution in [0.1, 0.15) is 28.8 Å². The summed E-state index contributed by atoms with van der Waals surface area (Å²) in [5, 5.41) is 8.07. The summed E-state index contributed by atoms with van der Waals surface area (Å²) < 4.78 is 8.52. The summed E-state index contributed by atoms with van der Waals surface area (Å²) in [6.07, 6.45) is 1.37. The van der Waals surface area contributed by atoms with Crippen molar-refractivity contribution in [3.8, 4) is 5.75 Å². The maximum Gasteiger partial charge on any atom is 0.226 e. The van der Waals surface area contributed by atoms with E-state index in [2.05, 4.69) is 57.9 Å². The highest BCUT2D eigenvalue weighted by Crippen LogP contribution is 2.50. The lowest BCUT2D eigenvalue weighted by atomic mass is 9.85. The molecule has 0 saturated carbocycles. The number of benzene rings is 3. The molecule has 2 unspecified atom stereocenters. The van der Waals surface area contributed by atoms with Crippen LogP contribution in [-0.2, 0) is 0 Å². The molecule has 5 heteroatoms. The van der Waals surface area contributed by atoms with Gasteiger partial charge in [-0.15, -0.1) is 0 Å². The van der Waals surface area contributed by atoms with E-state index in [4.69, 9.17) is 4.74 Å². The number of para-hydroxylation sites is 1. The van der Waals surface area contributed by atoms with Gasteiger partial charge in [-0.05, 0) is 23.3 Å². The Balaban J connectivity index is 1.65. The summed E-state index contributed by atoms with van der Waals surface area (Å²) in [6, 6.07) is 28.8. The molecule has 140 valence electrons. The molecule has 0 saturated heterocycles. The van der Waals surface area contributed by atoms with Gasteiger partial charge in [-0.3, -0.25) is 0 Å². The quantitative estimate of drug-likeness (QED) is 0.542. The third-order valence-electron chi connectivity index (χ3n) is 5.54. The first-order valence-corrected chi connectivity index (χ1v) is 9.67. The first kappa shape index (κ1) is 16.1. The SMILES string of the molecule is c1ccc(C2Oc3ccccc3C3=C2C(c2ccccc2)n2ncnc2N3)cc1.